The summed E-state index contributed by atoms with van der Waals surface area (Å²) < 4.78 is 58.3. The van der Waals surface area contributed by atoms with Crippen molar-refractivity contribution in [3.05, 3.63) is 58.7 Å². The molecule has 4 N–H and O–H groups in total. The van der Waals surface area contributed by atoms with Gasteiger partial charge >= 0.3 is 24.1 Å². The molecule has 2 amide bonds. The highest BCUT2D eigenvalue weighted by atomic mass is 35.5. The summed E-state index contributed by atoms with van der Waals surface area (Å²) in [5.74, 6) is -0.650. The number of anilines is 2. The molecule has 11 nitrogen and oxygen atoms in total. The highest BCUT2D eigenvalue weighted by Gasteiger charge is 2.48. The number of hydrogen-bond acceptors (Lipinski definition) is 8. The van der Waals surface area contributed by atoms with Crippen LogP contribution in [0.2, 0.25) is 5.02 Å². The summed E-state index contributed by atoms with van der Waals surface area (Å²) >= 11 is 6.02. The van der Waals surface area contributed by atoms with E-state index in [1.54, 1.807) is 42.0 Å². The van der Waals surface area contributed by atoms with E-state index in [-0.39, 0.29) is 24.5 Å². The van der Waals surface area contributed by atoms with Crippen molar-refractivity contribution in [1.82, 2.24) is 20.0 Å². The molecule has 16 heteroatoms. The number of carbonyl (C=O) groups excluding carboxylic acids is 2. The molecule has 0 spiro atoms. The van der Waals surface area contributed by atoms with E-state index >= 15 is 0 Å². The molecule has 220 valence electrons. The van der Waals surface area contributed by atoms with Gasteiger partial charge in [-0.3, -0.25) is 24.9 Å². The second-order valence-electron chi connectivity index (χ2n) is 9.50. The van der Waals surface area contributed by atoms with E-state index in [0.29, 0.717) is 17.0 Å². The van der Waals surface area contributed by atoms with Crippen molar-refractivity contribution in [3.63, 3.8) is 0 Å². The Morgan fingerprint density at radius 3 is 2.46 bits per heavy atom. The van der Waals surface area contributed by atoms with Crippen LogP contribution < -0.4 is 30.0 Å². The molecule has 41 heavy (non-hydrogen) atoms. The first-order chi connectivity index (χ1) is 19.3. The van der Waals surface area contributed by atoms with Gasteiger partial charge in [0.15, 0.2) is 6.61 Å². The minimum absolute atomic E-state index is 0.187. The van der Waals surface area contributed by atoms with Gasteiger partial charge in [0.05, 0.1) is 18.1 Å². The predicted molar refractivity (Wildman–Crippen MR) is 145 cm³/mol. The Morgan fingerprint density at radius 1 is 1.20 bits per heavy atom. The lowest BCUT2D eigenvalue weighted by Gasteiger charge is -2.20. The highest BCUT2D eigenvalue weighted by molar-refractivity contribution is 7.82. The first kappa shape index (κ1) is 30.2. The molecule has 1 aromatic carbocycles. The molecule has 4 rings (SSSR count). The fourth-order valence-corrected chi connectivity index (χ4v) is 4.54. The largest absolute Gasteiger partial charge is 0.439 e. The van der Waals surface area contributed by atoms with E-state index < -0.39 is 47.1 Å². The van der Waals surface area contributed by atoms with Crippen molar-refractivity contribution in [2.45, 2.75) is 37.0 Å². The van der Waals surface area contributed by atoms with Crippen molar-refractivity contribution in [1.29, 1.82) is 0 Å². The molecule has 0 saturated heterocycles. The fraction of sp³-hybridized carbons (Fsp3) is 0.400. The first-order valence-electron chi connectivity index (χ1n) is 12.4. The lowest BCUT2D eigenvalue weighted by Crippen LogP contribution is -2.42. The Morgan fingerprint density at radius 2 is 1.88 bits per heavy atom. The van der Waals surface area contributed by atoms with Crippen LogP contribution in [0.4, 0.5) is 25.1 Å². The molecular weight excluding hydrogens is 587 g/mol. The number of benzene rings is 1. The van der Waals surface area contributed by atoms with Gasteiger partial charge in [-0.05, 0) is 37.0 Å². The molecule has 1 aromatic heterocycles. The van der Waals surface area contributed by atoms with Crippen LogP contribution in [0, 0.1) is 0 Å². The Balaban J connectivity index is 1.48. The molecule has 0 bridgehead atoms. The summed E-state index contributed by atoms with van der Waals surface area (Å²) in [6.45, 7) is -1.89. The van der Waals surface area contributed by atoms with Gasteiger partial charge in [0.2, 0.25) is 0 Å². The lowest BCUT2D eigenvalue weighted by molar-refractivity contribution is -0.648. The number of nitrogens with zero attached hydrogens (tertiary/aromatic N) is 3. The number of aromatic nitrogens is 3. The summed E-state index contributed by atoms with van der Waals surface area (Å²) in [6, 6.07) is 6.47. The average Bonchev–Trinajstić information content (AvgIpc) is 3.69. The van der Waals surface area contributed by atoms with E-state index in [0.717, 1.165) is 18.4 Å². The molecule has 2 aliphatic rings. The second-order valence-corrected chi connectivity index (χ2v) is 11.0. The van der Waals surface area contributed by atoms with Gasteiger partial charge in [-0.25, -0.2) is 8.78 Å². The fourth-order valence-electron chi connectivity index (χ4n) is 4.02. The number of carbonyl (C=O) groups is 2. The third kappa shape index (κ3) is 8.39. The van der Waals surface area contributed by atoms with Crippen molar-refractivity contribution in [2.75, 3.05) is 30.0 Å². The van der Waals surface area contributed by atoms with E-state index in [9.17, 15) is 27.0 Å². The maximum absolute atomic E-state index is 12.9. The quantitative estimate of drug-likeness (QED) is 0.283. The SMILES string of the molecule is C[n+]1c(NC2C=CC(C(=O)NCC(=O)NS(C)=O)=CC2)nc(OCC(F)(F)F)nc1NC1(c2ccc(Cl)cc2)CC1. The lowest BCUT2D eigenvalue weighted by atomic mass is 10.0. The molecule has 2 aliphatic carbocycles. The summed E-state index contributed by atoms with van der Waals surface area (Å²) in [6.07, 6.45) is 3.49. The van der Waals surface area contributed by atoms with Gasteiger partial charge in [0, 0.05) is 23.9 Å². The highest BCUT2D eigenvalue weighted by Crippen LogP contribution is 2.48. The molecule has 1 fully saturated rings. The van der Waals surface area contributed by atoms with Gasteiger partial charge < -0.3 is 10.1 Å². The van der Waals surface area contributed by atoms with Crippen molar-refractivity contribution < 1.29 is 36.3 Å². The van der Waals surface area contributed by atoms with Crippen LogP contribution in [-0.2, 0) is 33.2 Å². The summed E-state index contributed by atoms with van der Waals surface area (Å²) in [5, 5.41) is 9.51. The Labute approximate surface area is 241 Å². The molecule has 2 atom stereocenters. The van der Waals surface area contributed by atoms with Crippen LogP contribution in [0.25, 0.3) is 0 Å². The Bertz CT molecular complexity index is 1400. The molecule has 0 aliphatic heterocycles. The number of alkyl halides is 3. The zero-order valence-electron chi connectivity index (χ0n) is 22.0. The molecule has 2 unspecified atom stereocenters. The standard InChI is InChI=1S/C25H27ClF3N7O4S/c1-36-21(31-18-9-3-15(4-10-18)20(38)30-13-19(37)35-41(2)39)32-23(40-14-25(27,28)29)33-22(36)34-24(11-12-24)16-5-7-17(26)8-6-16/h3-9,18H,10-14H2,1-2H3,(H3,30,31,32,33,34,35,37,38)/p+1. The van der Waals surface area contributed by atoms with Crippen LogP contribution >= 0.6 is 11.6 Å². The van der Waals surface area contributed by atoms with Crippen molar-refractivity contribution in [2.24, 2.45) is 7.05 Å². The third-order valence-electron chi connectivity index (χ3n) is 6.24. The molecular formula is C25H28ClF3N7O4S+. The van der Waals surface area contributed by atoms with Gasteiger partial charge in [-0.1, -0.05) is 51.9 Å². The minimum Gasteiger partial charge on any atom is -0.439 e. The summed E-state index contributed by atoms with van der Waals surface area (Å²) in [5.41, 5.74) is 0.809. The van der Waals surface area contributed by atoms with Crippen molar-refractivity contribution >= 4 is 46.3 Å². The third-order valence-corrected chi connectivity index (χ3v) is 7.01. The van der Waals surface area contributed by atoms with Crippen molar-refractivity contribution in [3.8, 4) is 6.01 Å². The molecule has 1 saturated carbocycles. The molecule has 1 heterocycles. The van der Waals surface area contributed by atoms with Crippen LogP contribution in [0.5, 0.6) is 6.01 Å². The van der Waals surface area contributed by atoms with Gasteiger partial charge in [0.1, 0.15) is 11.0 Å². The Hall–Kier alpha value is -3.72. The van der Waals surface area contributed by atoms with Gasteiger partial charge in [0.25, 0.3) is 11.8 Å². The molecule has 0 radical (unpaired) electrons. The smallest absolute Gasteiger partial charge is 0.422 e. The van der Waals surface area contributed by atoms with Crippen LogP contribution in [0.3, 0.4) is 0 Å². The summed E-state index contributed by atoms with van der Waals surface area (Å²) in [4.78, 5) is 32.3. The predicted octanol–water partition coefficient (Wildman–Crippen LogP) is 2.19. The zero-order chi connectivity index (χ0) is 29.8. The number of nitrogens with one attached hydrogen (secondary N) is 4. The van der Waals surface area contributed by atoms with Gasteiger partial charge in [-0.2, -0.15) is 13.2 Å². The summed E-state index contributed by atoms with van der Waals surface area (Å²) in [7, 11) is 0.120. The number of amides is 2. The number of hydrogen-bond donors (Lipinski definition) is 4. The normalized spacial score (nSPS) is 18.1. The molecule has 2 aromatic rings. The van der Waals surface area contributed by atoms with E-state index in [4.69, 9.17) is 16.3 Å². The van der Waals surface area contributed by atoms with Gasteiger partial charge in [-0.15, -0.1) is 0 Å². The van der Waals surface area contributed by atoms with Crippen LogP contribution in [-0.4, -0.2) is 57.6 Å². The second kappa shape index (κ2) is 12.4. The number of rotatable bonds is 11. The monoisotopic (exact) mass is 614 g/mol. The average molecular weight is 615 g/mol. The van der Waals surface area contributed by atoms with Crippen LogP contribution in [0.1, 0.15) is 24.8 Å². The van der Waals surface area contributed by atoms with E-state index in [1.807, 2.05) is 12.1 Å². The van der Waals surface area contributed by atoms with E-state index in [2.05, 4.69) is 30.6 Å². The van der Waals surface area contributed by atoms with E-state index in [1.165, 1.54) is 6.26 Å². The Kier molecular flexibility index (Phi) is 9.17. The first-order valence-corrected chi connectivity index (χ1v) is 14.3. The maximum atomic E-state index is 12.9. The topological polar surface area (TPSA) is 138 Å². The maximum Gasteiger partial charge on any atom is 0.422 e. The number of halogens is 4. The van der Waals surface area contributed by atoms with Crippen LogP contribution in [0.15, 0.2) is 48.1 Å². The number of ether oxygens (including phenoxy) is 1. The zero-order valence-corrected chi connectivity index (χ0v) is 23.6. The minimum atomic E-state index is -4.58.